The first-order valence-electron chi connectivity index (χ1n) is 11.3. The van der Waals surface area contributed by atoms with Crippen LogP contribution in [0, 0.1) is 0 Å². The summed E-state index contributed by atoms with van der Waals surface area (Å²) in [5.41, 5.74) is 1.55. The van der Waals surface area contributed by atoms with E-state index >= 15 is 0 Å². The van der Waals surface area contributed by atoms with Crippen molar-refractivity contribution in [1.29, 1.82) is 0 Å². The Labute approximate surface area is 202 Å². The number of ether oxygens (including phenoxy) is 2. The van der Waals surface area contributed by atoms with Gasteiger partial charge in [-0.3, -0.25) is 14.5 Å². The molecule has 180 valence electrons. The normalized spacial score (nSPS) is 16.3. The number of amides is 1. The number of benzene rings is 2. The average Bonchev–Trinajstić information content (AvgIpc) is 2.84. The molecule has 1 aromatic heterocycles. The number of fused-ring (bicyclic) bond motifs is 1. The molecule has 0 spiro atoms. The van der Waals surface area contributed by atoms with Crippen molar-refractivity contribution in [3.8, 4) is 0 Å². The number of hydrogen-bond acceptors (Lipinski definition) is 6. The standard InChI is InChI=1S/C25H28ClN3O5/c26-19-7-5-17(6-8-19)24(31)28-22(25(32)34-14-11-29-9-12-33-13-10-29)15-18-16-23(30)27-21-4-2-1-3-20(18)21/h1-8,16,22,25,32H,9-15H2,(H,27,30)(H,28,31). The number of hydrogen-bond donors (Lipinski definition) is 3. The number of carbonyl (C=O) groups excluding carboxylic acids is 1. The molecule has 3 N–H and O–H groups in total. The van der Waals surface area contributed by atoms with Gasteiger partial charge in [0.1, 0.15) is 0 Å². The molecule has 0 aliphatic carbocycles. The molecule has 1 fully saturated rings. The molecular formula is C25H28ClN3O5. The highest BCUT2D eigenvalue weighted by atomic mass is 35.5. The van der Waals surface area contributed by atoms with E-state index in [9.17, 15) is 14.7 Å². The van der Waals surface area contributed by atoms with Crippen LogP contribution in [0.3, 0.4) is 0 Å². The van der Waals surface area contributed by atoms with Crippen LogP contribution >= 0.6 is 11.6 Å². The van der Waals surface area contributed by atoms with Gasteiger partial charge in [0.05, 0.1) is 25.9 Å². The zero-order valence-electron chi connectivity index (χ0n) is 18.7. The fourth-order valence-corrected chi connectivity index (χ4v) is 4.13. The molecule has 1 amide bonds. The van der Waals surface area contributed by atoms with Crippen molar-refractivity contribution in [2.75, 3.05) is 39.5 Å². The minimum atomic E-state index is -1.27. The number of aliphatic hydroxyl groups excluding tert-OH is 1. The third-order valence-electron chi connectivity index (χ3n) is 5.84. The van der Waals surface area contributed by atoms with Crippen LogP contribution in [-0.2, 0) is 15.9 Å². The van der Waals surface area contributed by atoms with Crippen LogP contribution in [-0.4, -0.2) is 72.7 Å². The van der Waals surface area contributed by atoms with Crippen LogP contribution in [0.2, 0.25) is 5.02 Å². The molecule has 2 aromatic carbocycles. The molecule has 8 nitrogen and oxygen atoms in total. The van der Waals surface area contributed by atoms with Gasteiger partial charge in [-0.05, 0) is 42.3 Å². The zero-order chi connectivity index (χ0) is 23.9. The summed E-state index contributed by atoms with van der Waals surface area (Å²) < 4.78 is 11.1. The topological polar surface area (TPSA) is 104 Å². The third-order valence-corrected chi connectivity index (χ3v) is 6.09. The first-order chi connectivity index (χ1) is 16.5. The highest BCUT2D eigenvalue weighted by molar-refractivity contribution is 6.30. The van der Waals surface area contributed by atoms with E-state index < -0.39 is 12.3 Å². The largest absolute Gasteiger partial charge is 0.379 e. The van der Waals surface area contributed by atoms with Gasteiger partial charge in [0.15, 0.2) is 6.29 Å². The maximum atomic E-state index is 12.9. The SMILES string of the molecule is O=C(NC(Cc1cc(=O)[nH]c2ccccc12)C(O)OCCN1CCOCC1)c1ccc(Cl)cc1. The zero-order valence-corrected chi connectivity index (χ0v) is 19.5. The maximum absolute atomic E-state index is 12.9. The Morgan fingerprint density at radius 2 is 1.91 bits per heavy atom. The first kappa shape index (κ1) is 24.4. The van der Waals surface area contributed by atoms with Crippen molar-refractivity contribution in [3.05, 3.63) is 81.1 Å². The molecule has 0 radical (unpaired) electrons. The van der Waals surface area contributed by atoms with Gasteiger partial charge in [-0.15, -0.1) is 0 Å². The van der Waals surface area contributed by atoms with Crippen molar-refractivity contribution in [2.24, 2.45) is 0 Å². The highest BCUT2D eigenvalue weighted by Crippen LogP contribution is 2.18. The summed E-state index contributed by atoms with van der Waals surface area (Å²) in [4.78, 5) is 30.1. The number of para-hydroxylation sites is 1. The number of H-pyrrole nitrogens is 1. The van der Waals surface area contributed by atoms with Gasteiger partial charge in [-0.2, -0.15) is 0 Å². The molecule has 34 heavy (non-hydrogen) atoms. The van der Waals surface area contributed by atoms with Crippen molar-refractivity contribution in [2.45, 2.75) is 18.8 Å². The van der Waals surface area contributed by atoms with Crippen molar-refractivity contribution in [3.63, 3.8) is 0 Å². The summed E-state index contributed by atoms with van der Waals surface area (Å²) in [5.74, 6) is -0.369. The number of aromatic nitrogens is 1. The molecule has 4 rings (SSSR count). The Morgan fingerprint density at radius 3 is 2.68 bits per heavy atom. The minimum absolute atomic E-state index is 0.211. The quantitative estimate of drug-likeness (QED) is 0.401. The lowest BCUT2D eigenvalue weighted by molar-refractivity contribution is -0.123. The highest BCUT2D eigenvalue weighted by Gasteiger charge is 2.25. The van der Waals surface area contributed by atoms with E-state index in [0.717, 1.165) is 18.5 Å². The molecule has 2 unspecified atom stereocenters. The lowest BCUT2D eigenvalue weighted by atomic mass is 10.0. The fourth-order valence-electron chi connectivity index (χ4n) is 4.00. The van der Waals surface area contributed by atoms with Gasteiger partial charge in [0.2, 0.25) is 5.56 Å². The van der Waals surface area contributed by atoms with Gasteiger partial charge in [-0.25, -0.2) is 0 Å². The number of morpholine rings is 1. The molecule has 0 bridgehead atoms. The number of aliphatic hydroxyl groups is 1. The molecule has 1 aliphatic rings. The summed E-state index contributed by atoms with van der Waals surface area (Å²) in [5, 5.41) is 15.1. The molecule has 2 atom stereocenters. The summed E-state index contributed by atoms with van der Waals surface area (Å²) in [6, 6.07) is 14.6. The average molecular weight is 486 g/mol. The Kier molecular flexibility index (Phi) is 8.31. The summed E-state index contributed by atoms with van der Waals surface area (Å²) >= 11 is 5.94. The lowest BCUT2D eigenvalue weighted by Gasteiger charge is -2.28. The van der Waals surface area contributed by atoms with Gasteiger partial charge in [-0.1, -0.05) is 29.8 Å². The van der Waals surface area contributed by atoms with Crippen LogP contribution in [0.4, 0.5) is 0 Å². The molecule has 1 saturated heterocycles. The van der Waals surface area contributed by atoms with Crippen LogP contribution in [0.25, 0.3) is 10.9 Å². The van der Waals surface area contributed by atoms with Crippen LogP contribution in [0.5, 0.6) is 0 Å². The van der Waals surface area contributed by atoms with Crippen molar-refractivity contribution < 1.29 is 19.4 Å². The second kappa shape index (κ2) is 11.6. The number of pyridine rings is 1. The summed E-state index contributed by atoms with van der Waals surface area (Å²) in [7, 11) is 0. The maximum Gasteiger partial charge on any atom is 0.251 e. The number of halogens is 1. The van der Waals surface area contributed by atoms with Crippen LogP contribution in [0.15, 0.2) is 59.4 Å². The number of nitrogens with zero attached hydrogens (tertiary/aromatic N) is 1. The Balaban J connectivity index is 1.51. The number of carbonyl (C=O) groups is 1. The fraction of sp³-hybridized carbons (Fsp3) is 0.360. The number of rotatable bonds is 9. The Morgan fingerprint density at radius 1 is 1.18 bits per heavy atom. The van der Waals surface area contributed by atoms with Gasteiger partial charge < -0.3 is 24.9 Å². The predicted molar refractivity (Wildman–Crippen MR) is 130 cm³/mol. The first-order valence-corrected chi connectivity index (χ1v) is 11.6. The Hall–Kier alpha value is -2.75. The molecule has 1 aliphatic heterocycles. The number of nitrogens with one attached hydrogen (secondary N) is 2. The minimum Gasteiger partial charge on any atom is -0.379 e. The van der Waals surface area contributed by atoms with E-state index in [1.807, 2.05) is 24.3 Å². The second-order valence-electron chi connectivity index (χ2n) is 8.21. The molecule has 0 saturated carbocycles. The van der Waals surface area contributed by atoms with Crippen molar-refractivity contribution in [1.82, 2.24) is 15.2 Å². The van der Waals surface area contributed by atoms with Crippen LogP contribution < -0.4 is 10.9 Å². The third kappa shape index (κ3) is 6.43. The second-order valence-corrected chi connectivity index (χ2v) is 8.65. The van der Waals surface area contributed by atoms with Crippen LogP contribution in [0.1, 0.15) is 15.9 Å². The smallest absolute Gasteiger partial charge is 0.251 e. The molecular weight excluding hydrogens is 458 g/mol. The van der Waals surface area contributed by atoms with Gasteiger partial charge in [0, 0.05) is 47.2 Å². The Bertz CT molecular complexity index is 1160. The van der Waals surface area contributed by atoms with Gasteiger partial charge >= 0.3 is 0 Å². The van der Waals surface area contributed by atoms with E-state index in [-0.39, 0.29) is 17.9 Å². The van der Waals surface area contributed by atoms with Crippen molar-refractivity contribution >= 4 is 28.4 Å². The van der Waals surface area contributed by atoms with E-state index in [0.29, 0.717) is 48.0 Å². The van der Waals surface area contributed by atoms with E-state index in [1.54, 1.807) is 24.3 Å². The predicted octanol–water partition coefficient (Wildman–Crippen LogP) is 2.19. The van der Waals surface area contributed by atoms with Gasteiger partial charge in [0.25, 0.3) is 5.91 Å². The summed E-state index contributed by atoms with van der Waals surface area (Å²) in [6.45, 7) is 3.93. The lowest BCUT2D eigenvalue weighted by Crippen LogP contribution is -2.47. The van der Waals surface area contributed by atoms with E-state index in [2.05, 4.69) is 15.2 Å². The molecule has 9 heteroatoms. The molecule has 3 aromatic rings. The summed E-state index contributed by atoms with van der Waals surface area (Å²) in [6.07, 6.45) is -1.06. The van der Waals surface area contributed by atoms with E-state index in [4.69, 9.17) is 21.1 Å². The molecule has 2 heterocycles. The monoisotopic (exact) mass is 485 g/mol. The van der Waals surface area contributed by atoms with E-state index in [1.165, 1.54) is 6.07 Å². The number of aromatic amines is 1.